The van der Waals surface area contributed by atoms with Crippen molar-refractivity contribution in [2.24, 2.45) is 10.2 Å². The van der Waals surface area contributed by atoms with Gasteiger partial charge in [0.05, 0.1) is 30.0 Å². The van der Waals surface area contributed by atoms with Crippen LogP contribution in [-0.2, 0) is 10.0 Å². The topological polar surface area (TPSA) is 136 Å². The van der Waals surface area contributed by atoms with Crippen LogP contribution in [0.2, 0.25) is 0 Å². The fourth-order valence-corrected chi connectivity index (χ4v) is 1.61. The Kier molecular flexibility index (Phi) is 3.96. The Morgan fingerprint density at radius 3 is 2.45 bits per heavy atom. The van der Waals surface area contributed by atoms with Crippen molar-refractivity contribution in [3.8, 4) is 0 Å². The van der Waals surface area contributed by atoms with E-state index in [9.17, 15) is 8.42 Å². The number of hydrogen-bond acceptors (Lipinski definition) is 8. The molecule has 0 saturated heterocycles. The minimum atomic E-state index is -3.90. The Morgan fingerprint density at radius 2 is 1.90 bits per heavy atom. The van der Waals surface area contributed by atoms with Crippen LogP contribution >= 0.6 is 0 Å². The lowest BCUT2D eigenvalue weighted by Gasteiger charge is -2.02. The third-order valence-electron chi connectivity index (χ3n) is 2.17. The molecule has 0 aliphatic carbocycles. The average Bonchev–Trinajstić information content (AvgIpc) is 2.45. The molecule has 0 unspecified atom stereocenters. The highest BCUT2D eigenvalue weighted by atomic mass is 32.2. The Balaban J connectivity index is 2.12. The number of nitrogens with zero attached hydrogens (tertiary/aromatic N) is 5. The van der Waals surface area contributed by atoms with Crippen molar-refractivity contribution in [3.05, 3.63) is 36.7 Å². The number of nitrogens with two attached hydrogens (primary N) is 1. The molecule has 2 heterocycles. The lowest BCUT2D eigenvalue weighted by Crippen LogP contribution is -2.15. The maximum Gasteiger partial charge on any atom is 0.273 e. The lowest BCUT2D eigenvalue weighted by molar-refractivity contribution is 0.588. The van der Waals surface area contributed by atoms with E-state index in [-0.39, 0.29) is 0 Å². The quantitative estimate of drug-likeness (QED) is 0.450. The van der Waals surface area contributed by atoms with Crippen molar-refractivity contribution in [3.63, 3.8) is 0 Å². The Labute approximate surface area is 115 Å². The van der Waals surface area contributed by atoms with Gasteiger partial charge in [0.2, 0.25) is 0 Å². The van der Waals surface area contributed by atoms with E-state index in [1.807, 2.05) is 0 Å². The van der Waals surface area contributed by atoms with Crippen LogP contribution < -0.4 is 10.6 Å². The van der Waals surface area contributed by atoms with Crippen molar-refractivity contribution in [2.75, 3.05) is 5.43 Å². The van der Waals surface area contributed by atoms with Crippen LogP contribution in [0, 0.1) is 0 Å². The number of hydrazone groups is 1. The summed E-state index contributed by atoms with van der Waals surface area (Å²) in [5.74, 6) is 0. The molecule has 0 saturated carbocycles. The van der Waals surface area contributed by atoms with Gasteiger partial charge in [0, 0.05) is 12.4 Å². The molecule has 20 heavy (non-hydrogen) atoms. The van der Waals surface area contributed by atoms with Crippen molar-refractivity contribution in [1.29, 1.82) is 0 Å². The minimum absolute atomic E-state index is 0.417. The number of sulfonamides is 1. The summed E-state index contributed by atoms with van der Waals surface area (Å²) in [4.78, 5) is 15.2. The van der Waals surface area contributed by atoms with Gasteiger partial charge in [0.25, 0.3) is 15.2 Å². The molecular formula is C10H11N7O2S. The lowest BCUT2D eigenvalue weighted by atomic mass is 10.3. The van der Waals surface area contributed by atoms with Gasteiger partial charge in [-0.25, -0.2) is 23.5 Å². The van der Waals surface area contributed by atoms with E-state index in [1.165, 1.54) is 12.4 Å². The summed E-state index contributed by atoms with van der Waals surface area (Å²) in [6, 6.07) is 0. The molecule has 0 fully saturated rings. The number of nitrogens with one attached hydrogen (secondary N) is 1. The van der Waals surface area contributed by atoms with Gasteiger partial charge in [-0.15, -0.1) is 0 Å². The molecule has 9 nitrogen and oxygen atoms in total. The Hall–Kier alpha value is -2.46. The first-order valence-electron chi connectivity index (χ1n) is 5.38. The SMILES string of the molecule is C/C(=N\Nc1cnc(S(N)(=O)=O)nc1)c1cnccn1. The summed E-state index contributed by atoms with van der Waals surface area (Å²) in [6.45, 7) is 1.75. The van der Waals surface area contributed by atoms with E-state index in [4.69, 9.17) is 5.14 Å². The highest BCUT2D eigenvalue weighted by molar-refractivity contribution is 7.89. The van der Waals surface area contributed by atoms with Crippen LogP contribution in [0.15, 0.2) is 41.2 Å². The van der Waals surface area contributed by atoms with Gasteiger partial charge in [0.1, 0.15) is 5.69 Å². The second-order valence-electron chi connectivity index (χ2n) is 3.70. The van der Waals surface area contributed by atoms with Crippen molar-refractivity contribution in [1.82, 2.24) is 19.9 Å². The van der Waals surface area contributed by atoms with Crippen molar-refractivity contribution >= 4 is 21.4 Å². The van der Waals surface area contributed by atoms with E-state index in [0.717, 1.165) is 0 Å². The zero-order valence-electron chi connectivity index (χ0n) is 10.4. The summed E-state index contributed by atoms with van der Waals surface area (Å²) >= 11 is 0. The first-order valence-corrected chi connectivity index (χ1v) is 6.93. The zero-order chi connectivity index (χ0) is 14.6. The van der Waals surface area contributed by atoms with Crippen LogP contribution in [0.1, 0.15) is 12.6 Å². The Bertz CT molecular complexity index is 713. The van der Waals surface area contributed by atoms with Crippen LogP contribution in [0.4, 0.5) is 5.69 Å². The number of aromatic nitrogens is 4. The average molecular weight is 293 g/mol. The van der Waals surface area contributed by atoms with Gasteiger partial charge < -0.3 is 0 Å². The number of rotatable bonds is 4. The molecule has 3 N–H and O–H groups in total. The minimum Gasteiger partial charge on any atom is -0.275 e. The molecule has 0 atom stereocenters. The summed E-state index contributed by atoms with van der Waals surface area (Å²) in [5.41, 5.74) is 4.32. The molecule has 0 radical (unpaired) electrons. The van der Waals surface area contributed by atoms with Crippen LogP contribution in [0.3, 0.4) is 0 Å². The molecular weight excluding hydrogens is 282 g/mol. The van der Waals surface area contributed by atoms with Crippen LogP contribution in [0.25, 0.3) is 0 Å². The van der Waals surface area contributed by atoms with Gasteiger partial charge in [-0.1, -0.05) is 0 Å². The van der Waals surface area contributed by atoms with Gasteiger partial charge >= 0.3 is 0 Å². The van der Waals surface area contributed by atoms with E-state index in [0.29, 0.717) is 17.1 Å². The van der Waals surface area contributed by atoms with E-state index >= 15 is 0 Å². The monoisotopic (exact) mass is 293 g/mol. The number of anilines is 1. The molecule has 0 spiro atoms. The standard InChI is InChI=1S/C10H11N7O2S/c1-7(9-6-12-2-3-13-9)16-17-8-4-14-10(15-5-8)20(11,18)19/h2-6,17H,1H3,(H2,11,18,19)/b16-7+. The van der Waals surface area contributed by atoms with E-state index in [1.54, 1.807) is 25.5 Å². The second kappa shape index (κ2) is 5.67. The van der Waals surface area contributed by atoms with Gasteiger partial charge in [-0.05, 0) is 6.92 Å². The number of hydrogen-bond donors (Lipinski definition) is 2. The highest BCUT2D eigenvalue weighted by Crippen LogP contribution is 2.06. The van der Waals surface area contributed by atoms with Gasteiger partial charge in [-0.3, -0.25) is 15.4 Å². The zero-order valence-corrected chi connectivity index (χ0v) is 11.2. The molecule has 0 aliphatic rings. The molecule has 2 rings (SSSR count). The smallest absolute Gasteiger partial charge is 0.273 e. The first-order chi connectivity index (χ1) is 9.47. The summed E-state index contributed by atoms with van der Waals surface area (Å²) in [5, 5.41) is 8.50. The van der Waals surface area contributed by atoms with Crippen LogP contribution in [-0.4, -0.2) is 34.1 Å². The first kappa shape index (κ1) is 14.0. The predicted molar refractivity (Wildman–Crippen MR) is 71.3 cm³/mol. The maximum atomic E-state index is 11.0. The summed E-state index contributed by atoms with van der Waals surface area (Å²) in [7, 11) is -3.90. The Morgan fingerprint density at radius 1 is 1.20 bits per heavy atom. The highest BCUT2D eigenvalue weighted by Gasteiger charge is 2.10. The normalized spacial score (nSPS) is 12.2. The number of primary sulfonamides is 1. The molecule has 2 aromatic rings. The fourth-order valence-electron chi connectivity index (χ4n) is 1.21. The van der Waals surface area contributed by atoms with Crippen LogP contribution in [0.5, 0.6) is 0 Å². The molecule has 10 heteroatoms. The third-order valence-corrected chi connectivity index (χ3v) is 2.89. The van der Waals surface area contributed by atoms with Crippen molar-refractivity contribution < 1.29 is 8.42 Å². The molecule has 0 aliphatic heterocycles. The summed E-state index contributed by atoms with van der Waals surface area (Å²) < 4.78 is 22.0. The molecule has 0 amide bonds. The molecule has 0 bridgehead atoms. The van der Waals surface area contributed by atoms with Gasteiger partial charge in [-0.2, -0.15) is 5.10 Å². The third kappa shape index (κ3) is 3.52. The molecule has 104 valence electrons. The fraction of sp³-hybridized carbons (Fsp3) is 0.100. The molecule has 0 aromatic carbocycles. The van der Waals surface area contributed by atoms with Gasteiger partial charge in [0.15, 0.2) is 0 Å². The molecule has 2 aromatic heterocycles. The second-order valence-corrected chi connectivity index (χ2v) is 5.15. The summed E-state index contributed by atoms with van der Waals surface area (Å²) in [6.07, 6.45) is 7.21. The van der Waals surface area contributed by atoms with E-state index in [2.05, 4.69) is 30.5 Å². The maximum absolute atomic E-state index is 11.0. The predicted octanol–water partition coefficient (Wildman–Crippen LogP) is -0.250. The van der Waals surface area contributed by atoms with E-state index < -0.39 is 15.2 Å². The largest absolute Gasteiger partial charge is 0.275 e. The van der Waals surface area contributed by atoms with Crippen molar-refractivity contribution in [2.45, 2.75) is 12.1 Å².